The smallest absolute Gasteiger partial charge is 0.319 e. The number of carbonyl (C=O) groups is 2. The van der Waals surface area contributed by atoms with Crippen molar-refractivity contribution in [3.63, 3.8) is 0 Å². The zero-order valence-electron chi connectivity index (χ0n) is 13.8. The molecule has 130 valence electrons. The van der Waals surface area contributed by atoms with Crippen LogP contribution in [0.5, 0.6) is 0 Å². The first-order valence-electron chi connectivity index (χ1n) is 8.31. The molecule has 1 aliphatic heterocycles. The largest absolute Gasteiger partial charge is 0.334 e. The van der Waals surface area contributed by atoms with E-state index >= 15 is 0 Å². The van der Waals surface area contributed by atoms with Crippen LogP contribution in [0.4, 0.5) is 20.6 Å². The lowest BCUT2D eigenvalue weighted by Crippen LogP contribution is -2.35. The number of amides is 3. The third-order valence-electron chi connectivity index (χ3n) is 4.13. The molecule has 0 aromatic heterocycles. The summed E-state index contributed by atoms with van der Waals surface area (Å²) < 4.78 is 12.8. The van der Waals surface area contributed by atoms with Gasteiger partial charge in [0, 0.05) is 30.9 Å². The zero-order valence-corrected chi connectivity index (χ0v) is 13.8. The van der Waals surface area contributed by atoms with Crippen molar-refractivity contribution in [3.8, 4) is 0 Å². The van der Waals surface area contributed by atoms with Crippen LogP contribution in [0.3, 0.4) is 0 Å². The minimum absolute atomic E-state index is 0.143. The summed E-state index contributed by atoms with van der Waals surface area (Å²) in [5, 5.41) is 5.45. The number of nitrogens with one attached hydrogen (secondary N) is 2. The Bertz CT molecular complexity index is 744. The van der Waals surface area contributed by atoms with Crippen LogP contribution in [-0.2, 0) is 11.3 Å². The fourth-order valence-corrected chi connectivity index (χ4v) is 2.76. The number of piperidine rings is 1. The Labute approximate surface area is 145 Å². The van der Waals surface area contributed by atoms with Crippen molar-refractivity contribution in [1.29, 1.82) is 0 Å². The highest BCUT2D eigenvalue weighted by atomic mass is 19.1. The SMILES string of the molecule is O=C(NCc1ccc(F)cc1)Nc1ccc(N2CCCCC2=O)cc1. The summed E-state index contributed by atoms with van der Waals surface area (Å²) >= 11 is 0. The van der Waals surface area contributed by atoms with Crippen LogP contribution in [0.25, 0.3) is 0 Å². The van der Waals surface area contributed by atoms with Crippen LogP contribution < -0.4 is 15.5 Å². The van der Waals surface area contributed by atoms with Crippen LogP contribution in [-0.4, -0.2) is 18.5 Å². The number of hydrogen-bond acceptors (Lipinski definition) is 2. The molecule has 1 fully saturated rings. The maximum atomic E-state index is 12.8. The highest BCUT2D eigenvalue weighted by Gasteiger charge is 2.19. The van der Waals surface area contributed by atoms with Gasteiger partial charge in [0.05, 0.1) is 0 Å². The number of hydrogen-bond donors (Lipinski definition) is 2. The molecule has 0 saturated carbocycles. The van der Waals surface area contributed by atoms with E-state index in [1.807, 2.05) is 12.1 Å². The molecule has 3 amide bonds. The van der Waals surface area contributed by atoms with E-state index in [0.717, 1.165) is 30.6 Å². The zero-order chi connectivity index (χ0) is 17.6. The van der Waals surface area contributed by atoms with Gasteiger partial charge in [0.2, 0.25) is 5.91 Å². The monoisotopic (exact) mass is 341 g/mol. The second kappa shape index (κ2) is 7.79. The summed E-state index contributed by atoms with van der Waals surface area (Å²) in [7, 11) is 0. The minimum Gasteiger partial charge on any atom is -0.334 e. The van der Waals surface area contributed by atoms with Crippen LogP contribution in [0, 0.1) is 5.82 Å². The second-order valence-corrected chi connectivity index (χ2v) is 5.98. The van der Waals surface area contributed by atoms with E-state index in [1.165, 1.54) is 12.1 Å². The highest BCUT2D eigenvalue weighted by Crippen LogP contribution is 2.22. The molecule has 0 atom stereocenters. The van der Waals surface area contributed by atoms with E-state index in [0.29, 0.717) is 18.7 Å². The van der Waals surface area contributed by atoms with Crippen molar-refractivity contribution in [3.05, 3.63) is 59.9 Å². The summed E-state index contributed by atoms with van der Waals surface area (Å²) in [6.07, 6.45) is 2.55. The minimum atomic E-state index is -0.342. The Kier molecular flexibility index (Phi) is 5.28. The molecule has 5 nitrogen and oxygen atoms in total. The van der Waals surface area contributed by atoms with Crippen molar-refractivity contribution in [2.24, 2.45) is 0 Å². The molecule has 0 radical (unpaired) electrons. The lowest BCUT2D eigenvalue weighted by Gasteiger charge is -2.26. The fourth-order valence-electron chi connectivity index (χ4n) is 2.76. The summed E-state index contributed by atoms with van der Waals surface area (Å²) in [6, 6.07) is 12.8. The van der Waals surface area contributed by atoms with Gasteiger partial charge in [-0.25, -0.2) is 9.18 Å². The molecule has 6 heteroatoms. The number of rotatable bonds is 4. The quantitative estimate of drug-likeness (QED) is 0.891. The molecule has 2 N–H and O–H groups in total. The lowest BCUT2D eigenvalue weighted by atomic mass is 10.1. The summed E-state index contributed by atoms with van der Waals surface area (Å²) in [6.45, 7) is 1.05. The molecule has 1 saturated heterocycles. The third-order valence-corrected chi connectivity index (χ3v) is 4.13. The molecule has 0 unspecified atom stereocenters. The van der Waals surface area contributed by atoms with Crippen molar-refractivity contribution in [2.75, 3.05) is 16.8 Å². The summed E-state index contributed by atoms with van der Waals surface area (Å²) in [5.74, 6) is -0.163. The van der Waals surface area contributed by atoms with Gasteiger partial charge in [-0.15, -0.1) is 0 Å². The van der Waals surface area contributed by atoms with Gasteiger partial charge in [-0.3, -0.25) is 4.79 Å². The Hall–Kier alpha value is -2.89. The van der Waals surface area contributed by atoms with Gasteiger partial charge >= 0.3 is 6.03 Å². The highest BCUT2D eigenvalue weighted by molar-refractivity contribution is 5.94. The predicted molar refractivity (Wildman–Crippen MR) is 94.9 cm³/mol. The van der Waals surface area contributed by atoms with Gasteiger partial charge in [0.25, 0.3) is 0 Å². The molecule has 2 aromatic rings. The third kappa shape index (κ3) is 4.56. The van der Waals surface area contributed by atoms with Gasteiger partial charge < -0.3 is 15.5 Å². The molecule has 3 rings (SSSR count). The van der Waals surface area contributed by atoms with Crippen molar-refractivity contribution < 1.29 is 14.0 Å². The Morgan fingerprint density at radius 2 is 1.76 bits per heavy atom. The molecular formula is C19H20FN3O2. The average molecular weight is 341 g/mol. The molecule has 0 aliphatic carbocycles. The molecule has 25 heavy (non-hydrogen) atoms. The molecule has 1 heterocycles. The van der Waals surface area contributed by atoms with Crippen LogP contribution in [0.2, 0.25) is 0 Å². The van der Waals surface area contributed by atoms with Crippen LogP contribution >= 0.6 is 0 Å². The topological polar surface area (TPSA) is 61.4 Å². The van der Waals surface area contributed by atoms with E-state index in [2.05, 4.69) is 10.6 Å². The number of anilines is 2. The van der Waals surface area contributed by atoms with Crippen molar-refractivity contribution >= 4 is 23.3 Å². The number of nitrogens with zero attached hydrogens (tertiary/aromatic N) is 1. The van der Waals surface area contributed by atoms with E-state index < -0.39 is 0 Å². The summed E-state index contributed by atoms with van der Waals surface area (Å²) in [5.41, 5.74) is 2.31. The molecule has 2 aromatic carbocycles. The molecular weight excluding hydrogens is 321 g/mol. The van der Waals surface area contributed by atoms with Gasteiger partial charge in [-0.1, -0.05) is 12.1 Å². The predicted octanol–water partition coefficient (Wildman–Crippen LogP) is 3.66. The van der Waals surface area contributed by atoms with Crippen LogP contribution in [0.15, 0.2) is 48.5 Å². The Morgan fingerprint density at radius 3 is 2.44 bits per heavy atom. The first-order chi connectivity index (χ1) is 12.1. The van der Waals surface area contributed by atoms with E-state index in [1.54, 1.807) is 29.2 Å². The maximum Gasteiger partial charge on any atom is 0.319 e. The van der Waals surface area contributed by atoms with Gasteiger partial charge in [0.15, 0.2) is 0 Å². The first-order valence-corrected chi connectivity index (χ1v) is 8.31. The van der Waals surface area contributed by atoms with E-state index in [4.69, 9.17) is 0 Å². The standard InChI is InChI=1S/C19H20FN3O2/c20-15-6-4-14(5-7-15)13-21-19(25)22-16-8-10-17(11-9-16)23-12-2-1-3-18(23)24/h4-11H,1-3,12-13H2,(H2,21,22,25). The molecule has 0 spiro atoms. The van der Waals surface area contributed by atoms with E-state index in [-0.39, 0.29) is 17.8 Å². The van der Waals surface area contributed by atoms with E-state index in [9.17, 15) is 14.0 Å². The Morgan fingerprint density at radius 1 is 1.04 bits per heavy atom. The number of halogens is 1. The Balaban J connectivity index is 1.53. The van der Waals surface area contributed by atoms with Crippen LogP contribution in [0.1, 0.15) is 24.8 Å². The average Bonchev–Trinajstić information content (AvgIpc) is 2.62. The molecule has 1 aliphatic rings. The maximum absolute atomic E-state index is 12.8. The normalized spacial score (nSPS) is 14.3. The van der Waals surface area contributed by atoms with Gasteiger partial charge in [0.1, 0.15) is 5.82 Å². The number of urea groups is 1. The number of carbonyl (C=O) groups excluding carboxylic acids is 2. The van der Waals surface area contributed by atoms with Crippen molar-refractivity contribution in [1.82, 2.24) is 5.32 Å². The van der Waals surface area contributed by atoms with Crippen molar-refractivity contribution in [2.45, 2.75) is 25.8 Å². The number of benzene rings is 2. The summed E-state index contributed by atoms with van der Waals surface area (Å²) in [4.78, 5) is 25.6. The van der Waals surface area contributed by atoms with Gasteiger partial charge in [-0.2, -0.15) is 0 Å². The first kappa shape index (κ1) is 17.0. The lowest BCUT2D eigenvalue weighted by molar-refractivity contribution is -0.119. The fraction of sp³-hybridized carbons (Fsp3) is 0.263. The second-order valence-electron chi connectivity index (χ2n) is 5.98. The van der Waals surface area contributed by atoms with Gasteiger partial charge in [-0.05, 0) is 54.8 Å². The molecule has 0 bridgehead atoms.